The summed E-state index contributed by atoms with van der Waals surface area (Å²) in [6.45, 7) is 1.85. The topological polar surface area (TPSA) is 55.9 Å². The Morgan fingerprint density at radius 2 is 2.44 bits per heavy atom. The lowest BCUT2D eigenvalue weighted by atomic mass is 10.0. The van der Waals surface area contributed by atoms with Crippen molar-refractivity contribution in [2.75, 3.05) is 13.1 Å². The van der Waals surface area contributed by atoms with E-state index in [-0.39, 0.29) is 0 Å². The Hall–Kier alpha value is -0.870. The van der Waals surface area contributed by atoms with Gasteiger partial charge >= 0.3 is 0 Å². The molecule has 1 aliphatic carbocycles. The van der Waals surface area contributed by atoms with Gasteiger partial charge in [-0.3, -0.25) is 4.68 Å². The minimum Gasteiger partial charge on any atom is -0.330 e. The van der Waals surface area contributed by atoms with Gasteiger partial charge in [0.1, 0.15) is 0 Å². The lowest BCUT2D eigenvalue weighted by molar-refractivity contribution is 0.408. The van der Waals surface area contributed by atoms with Gasteiger partial charge in [-0.2, -0.15) is 5.10 Å². The highest BCUT2D eigenvalue weighted by Crippen LogP contribution is 2.24. The van der Waals surface area contributed by atoms with Gasteiger partial charge in [0, 0.05) is 37.9 Å². The highest BCUT2D eigenvalue weighted by Gasteiger charge is 2.25. The number of aryl methyl sites for hydroxylation is 1. The summed E-state index contributed by atoms with van der Waals surface area (Å²) in [5.74, 6) is 0.687. The fourth-order valence-electron chi connectivity index (χ4n) is 2.62. The van der Waals surface area contributed by atoms with Crippen molar-refractivity contribution in [1.29, 1.82) is 0 Å². The zero-order chi connectivity index (χ0) is 11.4. The molecule has 90 valence electrons. The second-order valence-electron chi connectivity index (χ2n) is 4.68. The largest absolute Gasteiger partial charge is 0.330 e. The molecule has 1 aromatic heterocycles. The summed E-state index contributed by atoms with van der Waals surface area (Å²) in [6, 6.07) is 2.72. The van der Waals surface area contributed by atoms with Crippen LogP contribution in [0.25, 0.3) is 0 Å². The van der Waals surface area contributed by atoms with E-state index in [9.17, 15) is 0 Å². The van der Waals surface area contributed by atoms with Crippen LogP contribution >= 0.6 is 0 Å². The van der Waals surface area contributed by atoms with Gasteiger partial charge in [-0.25, -0.2) is 0 Å². The van der Waals surface area contributed by atoms with Crippen molar-refractivity contribution < 1.29 is 0 Å². The number of aromatic nitrogens is 2. The van der Waals surface area contributed by atoms with Gasteiger partial charge < -0.3 is 11.1 Å². The van der Waals surface area contributed by atoms with Crippen LogP contribution in [-0.4, -0.2) is 28.9 Å². The average molecular weight is 222 g/mol. The van der Waals surface area contributed by atoms with Crippen LogP contribution in [0.5, 0.6) is 0 Å². The molecule has 0 spiro atoms. The minimum atomic E-state index is 0.637. The van der Waals surface area contributed by atoms with Gasteiger partial charge in [-0.15, -0.1) is 0 Å². The molecule has 16 heavy (non-hydrogen) atoms. The first-order valence-electron chi connectivity index (χ1n) is 6.21. The highest BCUT2D eigenvalue weighted by atomic mass is 15.3. The SMILES string of the molecule is Cn1nccc1CCNC1CCCC1CN. The van der Waals surface area contributed by atoms with Crippen molar-refractivity contribution in [1.82, 2.24) is 15.1 Å². The predicted molar refractivity (Wildman–Crippen MR) is 65.1 cm³/mol. The molecule has 0 radical (unpaired) electrons. The normalized spacial score (nSPS) is 25.1. The second kappa shape index (κ2) is 5.46. The number of hydrogen-bond donors (Lipinski definition) is 2. The molecule has 1 saturated carbocycles. The highest BCUT2D eigenvalue weighted by molar-refractivity contribution is 5.00. The summed E-state index contributed by atoms with van der Waals surface area (Å²) in [5.41, 5.74) is 7.05. The molecule has 2 unspecified atom stereocenters. The Morgan fingerprint density at radius 3 is 3.12 bits per heavy atom. The molecule has 0 amide bonds. The summed E-state index contributed by atoms with van der Waals surface area (Å²) in [5, 5.41) is 7.79. The third kappa shape index (κ3) is 2.62. The van der Waals surface area contributed by atoms with Crippen LogP contribution in [0.4, 0.5) is 0 Å². The Balaban J connectivity index is 1.74. The number of nitrogens with one attached hydrogen (secondary N) is 1. The van der Waals surface area contributed by atoms with E-state index in [0.29, 0.717) is 12.0 Å². The molecular formula is C12H22N4. The Bertz CT molecular complexity index is 321. The van der Waals surface area contributed by atoms with Crippen LogP contribution in [0, 0.1) is 5.92 Å². The molecule has 4 heteroatoms. The van der Waals surface area contributed by atoms with E-state index in [2.05, 4.69) is 16.5 Å². The van der Waals surface area contributed by atoms with Crippen molar-refractivity contribution in [2.45, 2.75) is 31.7 Å². The van der Waals surface area contributed by atoms with E-state index in [1.165, 1.54) is 25.0 Å². The Labute approximate surface area is 97.2 Å². The maximum Gasteiger partial charge on any atom is 0.0492 e. The Morgan fingerprint density at radius 1 is 1.56 bits per heavy atom. The van der Waals surface area contributed by atoms with Gasteiger partial charge in [-0.05, 0) is 31.4 Å². The summed E-state index contributed by atoms with van der Waals surface area (Å²) >= 11 is 0. The van der Waals surface area contributed by atoms with E-state index in [0.717, 1.165) is 19.5 Å². The first-order valence-corrected chi connectivity index (χ1v) is 6.21. The van der Waals surface area contributed by atoms with Crippen LogP contribution in [0.3, 0.4) is 0 Å². The van der Waals surface area contributed by atoms with Crippen LogP contribution in [0.1, 0.15) is 25.0 Å². The second-order valence-corrected chi connectivity index (χ2v) is 4.68. The third-order valence-corrected chi connectivity index (χ3v) is 3.67. The van der Waals surface area contributed by atoms with Gasteiger partial charge in [0.15, 0.2) is 0 Å². The molecule has 0 aliphatic heterocycles. The van der Waals surface area contributed by atoms with Gasteiger partial charge in [0.2, 0.25) is 0 Å². The standard InChI is InChI=1S/C12H22N4/c1-16-11(6-8-15-16)5-7-14-12-4-2-3-10(12)9-13/h6,8,10,12,14H,2-5,7,9,13H2,1H3. The first kappa shape index (κ1) is 11.6. The molecule has 2 rings (SSSR count). The van der Waals surface area contributed by atoms with E-state index in [1.807, 2.05) is 17.9 Å². The number of hydrogen-bond acceptors (Lipinski definition) is 3. The molecule has 1 heterocycles. The summed E-state index contributed by atoms with van der Waals surface area (Å²) in [7, 11) is 1.99. The number of nitrogens with two attached hydrogens (primary N) is 1. The van der Waals surface area contributed by atoms with Crippen molar-refractivity contribution in [2.24, 2.45) is 18.7 Å². The maximum atomic E-state index is 5.76. The number of nitrogens with zero attached hydrogens (tertiary/aromatic N) is 2. The fourth-order valence-corrected chi connectivity index (χ4v) is 2.62. The van der Waals surface area contributed by atoms with Crippen molar-refractivity contribution in [3.05, 3.63) is 18.0 Å². The van der Waals surface area contributed by atoms with Crippen molar-refractivity contribution in [3.63, 3.8) is 0 Å². The first-order chi connectivity index (χ1) is 7.81. The average Bonchev–Trinajstić information content (AvgIpc) is 2.88. The van der Waals surface area contributed by atoms with E-state index >= 15 is 0 Å². The van der Waals surface area contributed by atoms with Gasteiger partial charge in [0.25, 0.3) is 0 Å². The lowest BCUT2D eigenvalue weighted by Gasteiger charge is -2.19. The van der Waals surface area contributed by atoms with Crippen LogP contribution in [0.2, 0.25) is 0 Å². The summed E-state index contributed by atoms with van der Waals surface area (Å²) in [4.78, 5) is 0. The van der Waals surface area contributed by atoms with Crippen molar-refractivity contribution >= 4 is 0 Å². The third-order valence-electron chi connectivity index (χ3n) is 3.67. The van der Waals surface area contributed by atoms with E-state index in [4.69, 9.17) is 5.73 Å². The van der Waals surface area contributed by atoms with Crippen molar-refractivity contribution in [3.8, 4) is 0 Å². The van der Waals surface area contributed by atoms with Gasteiger partial charge in [0.05, 0.1) is 0 Å². The summed E-state index contributed by atoms with van der Waals surface area (Å²) < 4.78 is 1.94. The molecule has 0 bridgehead atoms. The molecule has 0 saturated heterocycles. The van der Waals surface area contributed by atoms with Crippen LogP contribution in [-0.2, 0) is 13.5 Å². The zero-order valence-electron chi connectivity index (χ0n) is 10.0. The van der Waals surface area contributed by atoms with Crippen LogP contribution < -0.4 is 11.1 Å². The Kier molecular flexibility index (Phi) is 3.96. The molecule has 3 N–H and O–H groups in total. The molecule has 1 fully saturated rings. The van der Waals surface area contributed by atoms with E-state index < -0.39 is 0 Å². The fraction of sp³-hybridized carbons (Fsp3) is 0.750. The zero-order valence-corrected chi connectivity index (χ0v) is 10.0. The predicted octanol–water partition coefficient (Wildman–Crippen LogP) is 0.680. The molecular weight excluding hydrogens is 200 g/mol. The smallest absolute Gasteiger partial charge is 0.0492 e. The minimum absolute atomic E-state index is 0.637. The van der Waals surface area contributed by atoms with Gasteiger partial charge in [-0.1, -0.05) is 6.42 Å². The molecule has 0 aromatic carbocycles. The van der Waals surface area contributed by atoms with E-state index in [1.54, 1.807) is 0 Å². The summed E-state index contributed by atoms with van der Waals surface area (Å²) in [6.07, 6.45) is 6.80. The molecule has 1 aromatic rings. The maximum absolute atomic E-state index is 5.76. The quantitative estimate of drug-likeness (QED) is 0.770. The van der Waals surface area contributed by atoms with Crippen LogP contribution in [0.15, 0.2) is 12.3 Å². The molecule has 1 aliphatic rings. The number of rotatable bonds is 5. The monoisotopic (exact) mass is 222 g/mol. The molecule has 4 nitrogen and oxygen atoms in total. The lowest BCUT2D eigenvalue weighted by Crippen LogP contribution is -2.37. The molecule has 2 atom stereocenters.